The molecule has 0 spiro atoms. The molecule has 1 atom stereocenters. The van der Waals surface area contributed by atoms with Crippen LogP contribution in [-0.2, 0) is 11.3 Å². The molecule has 2 aromatic heterocycles. The van der Waals surface area contributed by atoms with Gasteiger partial charge in [0.15, 0.2) is 11.9 Å². The first-order valence-electron chi connectivity index (χ1n) is 11.2. The van der Waals surface area contributed by atoms with E-state index in [-0.39, 0.29) is 11.3 Å². The number of hydrogen-bond acceptors (Lipinski definition) is 7. The number of nitrogens with zero attached hydrogens (tertiary/aromatic N) is 4. The van der Waals surface area contributed by atoms with E-state index in [4.69, 9.17) is 4.74 Å². The monoisotopic (exact) mass is 474 g/mol. The first-order chi connectivity index (χ1) is 16.7. The van der Waals surface area contributed by atoms with Crippen LogP contribution in [0.2, 0.25) is 0 Å². The molecule has 9 nitrogen and oxygen atoms in total. The van der Waals surface area contributed by atoms with Gasteiger partial charge in [0.25, 0.3) is 0 Å². The molecule has 3 heterocycles. The fourth-order valence-corrected chi connectivity index (χ4v) is 5.05. The van der Waals surface area contributed by atoms with Gasteiger partial charge in [0.05, 0.1) is 30.7 Å². The second-order valence-corrected chi connectivity index (χ2v) is 8.80. The number of carboxylic acids is 1. The Morgan fingerprint density at radius 1 is 1.11 bits per heavy atom. The zero-order valence-electron chi connectivity index (χ0n) is 19.9. The molecule has 9 heteroatoms. The molecule has 0 radical (unpaired) electrons. The van der Waals surface area contributed by atoms with Gasteiger partial charge in [-0.25, -0.2) is 14.8 Å². The number of carbonyl (C=O) groups is 1. The van der Waals surface area contributed by atoms with Gasteiger partial charge in [-0.2, -0.15) is 0 Å². The SMILES string of the molecule is COc1cnc(N2CCn3c(C)cc4c(-c5ccc(C)cc5O)c([C@H](O)C(=O)O)c(C)c2c43)nc1. The smallest absolute Gasteiger partial charge is 0.337 e. The van der Waals surface area contributed by atoms with Crippen molar-refractivity contribution in [1.82, 2.24) is 14.5 Å². The second kappa shape index (κ2) is 8.28. The van der Waals surface area contributed by atoms with E-state index >= 15 is 0 Å². The summed E-state index contributed by atoms with van der Waals surface area (Å²) in [5.74, 6) is -0.372. The minimum atomic E-state index is -1.80. The molecule has 0 bridgehead atoms. The average Bonchev–Trinajstić information content (AvgIpc) is 3.17. The average molecular weight is 475 g/mol. The zero-order valence-corrected chi connectivity index (χ0v) is 19.9. The summed E-state index contributed by atoms with van der Waals surface area (Å²) >= 11 is 0. The highest BCUT2D eigenvalue weighted by Crippen LogP contribution is 2.49. The molecule has 0 amide bonds. The number of phenolic OH excluding ortho intramolecular Hbond substituents is 1. The zero-order chi connectivity index (χ0) is 25.0. The van der Waals surface area contributed by atoms with E-state index < -0.39 is 12.1 Å². The van der Waals surface area contributed by atoms with Crippen molar-refractivity contribution >= 4 is 28.5 Å². The van der Waals surface area contributed by atoms with Crippen molar-refractivity contribution in [2.24, 2.45) is 0 Å². The van der Waals surface area contributed by atoms with Crippen LogP contribution in [0, 0.1) is 20.8 Å². The molecule has 5 rings (SSSR count). The molecular weight excluding hydrogens is 448 g/mol. The summed E-state index contributed by atoms with van der Waals surface area (Å²) in [6.07, 6.45) is 1.37. The Kier molecular flexibility index (Phi) is 5.36. The van der Waals surface area contributed by atoms with Crippen molar-refractivity contribution < 1.29 is 24.9 Å². The number of rotatable bonds is 5. The van der Waals surface area contributed by atoms with Crippen molar-refractivity contribution in [2.45, 2.75) is 33.4 Å². The van der Waals surface area contributed by atoms with Crippen LogP contribution >= 0.6 is 0 Å². The third kappa shape index (κ3) is 3.47. The van der Waals surface area contributed by atoms with Crippen LogP contribution in [0.1, 0.15) is 28.5 Å². The summed E-state index contributed by atoms with van der Waals surface area (Å²) in [4.78, 5) is 22.9. The molecule has 2 aromatic carbocycles. The molecule has 3 N–H and O–H groups in total. The molecule has 0 fully saturated rings. The van der Waals surface area contributed by atoms with Gasteiger partial charge in [0.1, 0.15) is 5.75 Å². The Hall–Kier alpha value is -4.11. The Bertz CT molecular complexity index is 1480. The lowest BCUT2D eigenvalue weighted by Gasteiger charge is -2.33. The van der Waals surface area contributed by atoms with Crippen LogP contribution in [0.15, 0.2) is 36.7 Å². The number of carboxylic acid groups (broad SMARTS) is 1. The van der Waals surface area contributed by atoms with Gasteiger partial charge in [-0.05, 0) is 44.0 Å². The minimum Gasteiger partial charge on any atom is -0.507 e. The van der Waals surface area contributed by atoms with Gasteiger partial charge in [-0.15, -0.1) is 0 Å². The van der Waals surface area contributed by atoms with Crippen LogP contribution < -0.4 is 9.64 Å². The molecule has 0 unspecified atom stereocenters. The van der Waals surface area contributed by atoms with E-state index in [1.165, 1.54) is 0 Å². The number of aryl methyl sites for hydroxylation is 2. The standard InChI is InChI=1S/C26H26N4O5/c1-13-5-6-17(19(31)9-13)21-18-10-14(2)29-7-8-30(26-27-11-16(35-4)12-28-26)22(23(18)29)15(3)20(21)24(32)25(33)34/h5-6,9-12,24,31-32H,7-8H2,1-4H3,(H,33,34)/t24-/m0/s1. The summed E-state index contributed by atoms with van der Waals surface area (Å²) < 4.78 is 7.36. The van der Waals surface area contributed by atoms with E-state index in [1.54, 1.807) is 38.6 Å². The minimum absolute atomic E-state index is 0.0232. The number of aliphatic carboxylic acids is 1. The quantitative estimate of drug-likeness (QED) is 0.397. The first-order valence-corrected chi connectivity index (χ1v) is 11.2. The van der Waals surface area contributed by atoms with E-state index in [2.05, 4.69) is 14.5 Å². The molecule has 180 valence electrons. The number of benzene rings is 2. The number of phenols is 1. The third-order valence-corrected chi connectivity index (χ3v) is 6.66. The number of ether oxygens (including phenoxy) is 1. The number of aromatic nitrogens is 3. The number of aromatic hydroxyl groups is 1. The van der Waals surface area contributed by atoms with Gasteiger partial charge in [-0.3, -0.25) is 0 Å². The molecule has 1 aliphatic heterocycles. The lowest BCUT2D eigenvalue weighted by Crippen LogP contribution is -2.30. The largest absolute Gasteiger partial charge is 0.507 e. The molecular formula is C26H26N4O5. The van der Waals surface area contributed by atoms with E-state index in [0.29, 0.717) is 41.5 Å². The van der Waals surface area contributed by atoms with Crippen molar-refractivity contribution in [2.75, 3.05) is 18.6 Å². The Morgan fingerprint density at radius 3 is 2.46 bits per heavy atom. The molecule has 35 heavy (non-hydrogen) atoms. The Morgan fingerprint density at radius 2 is 1.83 bits per heavy atom. The highest BCUT2D eigenvalue weighted by Gasteiger charge is 2.34. The second-order valence-electron chi connectivity index (χ2n) is 8.80. The summed E-state index contributed by atoms with van der Waals surface area (Å²) in [7, 11) is 1.54. The Labute approximate surface area is 201 Å². The fraction of sp³-hybridized carbons (Fsp3) is 0.269. The van der Waals surface area contributed by atoms with Crippen molar-refractivity contribution in [1.29, 1.82) is 0 Å². The van der Waals surface area contributed by atoms with Crippen LogP contribution in [0.3, 0.4) is 0 Å². The molecule has 0 aliphatic carbocycles. The summed E-state index contributed by atoms with van der Waals surface area (Å²) in [6.45, 7) is 6.87. The Balaban J connectivity index is 1.89. The van der Waals surface area contributed by atoms with Crippen molar-refractivity contribution in [3.05, 3.63) is 59.0 Å². The third-order valence-electron chi connectivity index (χ3n) is 6.66. The number of methoxy groups -OCH3 is 1. The van der Waals surface area contributed by atoms with Crippen LogP contribution in [0.5, 0.6) is 11.5 Å². The maximum absolute atomic E-state index is 12.0. The highest BCUT2D eigenvalue weighted by molar-refractivity contribution is 6.09. The molecule has 0 saturated heterocycles. The highest BCUT2D eigenvalue weighted by atomic mass is 16.5. The van der Waals surface area contributed by atoms with Crippen LogP contribution in [0.25, 0.3) is 22.0 Å². The number of anilines is 2. The predicted octanol–water partition coefficient (Wildman–Crippen LogP) is 4.01. The van der Waals surface area contributed by atoms with Gasteiger partial charge >= 0.3 is 5.97 Å². The maximum Gasteiger partial charge on any atom is 0.337 e. The van der Waals surface area contributed by atoms with Gasteiger partial charge < -0.3 is 29.5 Å². The first kappa shape index (κ1) is 22.7. The summed E-state index contributed by atoms with van der Waals surface area (Å²) in [6, 6.07) is 7.23. The normalized spacial score (nSPS) is 13.8. The summed E-state index contributed by atoms with van der Waals surface area (Å²) in [5, 5.41) is 32.3. The van der Waals surface area contributed by atoms with Crippen LogP contribution in [0.4, 0.5) is 11.6 Å². The molecule has 1 aliphatic rings. The van der Waals surface area contributed by atoms with Crippen molar-refractivity contribution in [3.63, 3.8) is 0 Å². The van der Waals surface area contributed by atoms with E-state index in [1.807, 2.05) is 30.9 Å². The lowest BCUT2D eigenvalue weighted by atomic mass is 9.87. The maximum atomic E-state index is 12.0. The van der Waals surface area contributed by atoms with Gasteiger partial charge in [0, 0.05) is 40.9 Å². The van der Waals surface area contributed by atoms with Gasteiger partial charge in [-0.1, -0.05) is 12.1 Å². The lowest BCUT2D eigenvalue weighted by molar-refractivity contribution is -0.146. The number of aliphatic hydroxyl groups is 1. The number of hydrogen-bond donors (Lipinski definition) is 3. The molecule has 0 saturated carbocycles. The van der Waals surface area contributed by atoms with Crippen molar-refractivity contribution in [3.8, 4) is 22.6 Å². The molecule has 4 aromatic rings. The van der Waals surface area contributed by atoms with Crippen LogP contribution in [-0.4, -0.2) is 49.5 Å². The van der Waals surface area contributed by atoms with Gasteiger partial charge in [0.2, 0.25) is 5.95 Å². The predicted molar refractivity (Wildman–Crippen MR) is 131 cm³/mol. The number of aliphatic hydroxyl groups excluding tert-OH is 1. The van der Waals surface area contributed by atoms with E-state index in [0.717, 1.165) is 27.8 Å². The topological polar surface area (TPSA) is 121 Å². The van der Waals surface area contributed by atoms with E-state index in [9.17, 15) is 20.1 Å². The fourth-order valence-electron chi connectivity index (χ4n) is 5.05. The summed E-state index contributed by atoms with van der Waals surface area (Å²) in [5.41, 5.74) is 5.26.